The second-order valence-electron chi connectivity index (χ2n) is 7.59. The van der Waals surface area contributed by atoms with E-state index in [-0.39, 0.29) is 17.7 Å². The molecule has 28 heavy (non-hydrogen) atoms. The predicted molar refractivity (Wildman–Crippen MR) is 109 cm³/mol. The number of rotatable bonds is 5. The van der Waals surface area contributed by atoms with E-state index < -0.39 is 5.54 Å². The summed E-state index contributed by atoms with van der Waals surface area (Å²) in [5.74, 6) is -0.426. The number of carbonyl (C=O) groups excluding carboxylic acids is 2. The van der Waals surface area contributed by atoms with Gasteiger partial charge in [-0.3, -0.25) is 9.59 Å². The molecular formula is C23H26N2O3. The van der Waals surface area contributed by atoms with E-state index in [1.54, 1.807) is 7.11 Å². The summed E-state index contributed by atoms with van der Waals surface area (Å²) in [7, 11) is 1.62. The van der Waals surface area contributed by atoms with Crippen molar-refractivity contribution in [1.82, 2.24) is 5.32 Å². The lowest BCUT2D eigenvalue weighted by Gasteiger charge is -2.50. The van der Waals surface area contributed by atoms with Crippen molar-refractivity contribution in [2.24, 2.45) is 0 Å². The van der Waals surface area contributed by atoms with Crippen LogP contribution >= 0.6 is 0 Å². The summed E-state index contributed by atoms with van der Waals surface area (Å²) in [4.78, 5) is 28.9. The van der Waals surface area contributed by atoms with Crippen molar-refractivity contribution >= 4 is 17.5 Å². The number of hydrogen-bond acceptors (Lipinski definition) is 3. The summed E-state index contributed by atoms with van der Waals surface area (Å²) in [5.41, 5.74) is 1.80. The van der Waals surface area contributed by atoms with Crippen molar-refractivity contribution < 1.29 is 14.3 Å². The van der Waals surface area contributed by atoms with E-state index in [4.69, 9.17) is 4.74 Å². The first-order valence-corrected chi connectivity index (χ1v) is 9.94. The Morgan fingerprint density at radius 3 is 2.50 bits per heavy atom. The maximum atomic E-state index is 13.6. The zero-order chi connectivity index (χ0) is 19.6. The van der Waals surface area contributed by atoms with Crippen LogP contribution in [0.3, 0.4) is 0 Å². The average Bonchev–Trinajstić information content (AvgIpc) is 3.18. The molecule has 146 valence electrons. The molecule has 0 radical (unpaired) electrons. The Labute approximate surface area is 165 Å². The van der Waals surface area contributed by atoms with Gasteiger partial charge in [-0.05, 0) is 36.6 Å². The van der Waals surface area contributed by atoms with Gasteiger partial charge in [0.1, 0.15) is 0 Å². The van der Waals surface area contributed by atoms with E-state index in [1.807, 2.05) is 59.5 Å². The first-order valence-electron chi connectivity index (χ1n) is 9.94. The molecule has 1 fully saturated rings. The van der Waals surface area contributed by atoms with Crippen molar-refractivity contribution in [2.75, 3.05) is 25.2 Å². The number of benzene rings is 2. The lowest BCUT2D eigenvalue weighted by Crippen LogP contribution is -2.61. The first-order chi connectivity index (χ1) is 13.7. The first kappa shape index (κ1) is 18.7. The van der Waals surface area contributed by atoms with Gasteiger partial charge >= 0.3 is 0 Å². The molecule has 0 aromatic heterocycles. The van der Waals surface area contributed by atoms with Crippen LogP contribution in [-0.2, 0) is 9.53 Å². The Hall–Kier alpha value is -2.66. The number of ether oxygens (including phenoxy) is 1. The number of para-hydroxylation sites is 1. The van der Waals surface area contributed by atoms with Crippen LogP contribution in [0, 0.1) is 0 Å². The number of carbonyl (C=O) groups is 2. The van der Waals surface area contributed by atoms with Gasteiger partial charge in [0.25, 0.3) is 5.91 Å². The maximum Gasteiger partial charge on any atom is 0.259 e. The molecule has 1 atom stereocenters. The highest BCUT2D eigenvalue weighted by molar-refractivity contribution is 6.12. The largest absolute Gasteiger partial charge is 0.383 e. The van der Waals surface area contributed by atoms with Crippen molar-refractivity contribution in [3.63, 3.8) is 0 Å². The summed E-state index contributed by atoms with van der Waals surface area (Å²) >= 11 is 0. The normalized spacial score (nSPS) is 20.2. The molecule has 2 amide bonds. The van der Waals surface area contributed by atoms with Crippen LogP contribution in [0.15, 0.2) is 54.6 Å². The smallest absolute Gasteiger partial charge is 0.259 e. The fourth-order valence-corrected chi connectivity index (χ4v) is 4.90. The number of amides is 2. The minimum absolute atomic E-state index is 0.00959. The standard InChI is InChI=1S/C23H26N2O3/c1-28-16-15-24-21(26)20-18-11-5-6-12-19(18)22(27)25(17-9-3-2-4-10-17)23(20)13-7-8-14-23/h2-6,9-12,20H,7-8,13-16H2,1H3,(H,24,26)/t20-/m0/s1. The van der Waals surface area contributed by atoms with E-state index >= 15 is 0 Å². The molecule has 1 heterocycles. The Bertz CT molecular complexity index is 859. The second-order valence-corrected chi connectivity index (χ2v) is 7.59. The van der Waals surface area contributed by atoms with Crippen molar-refractivity contribution in [2.45, 2.75) is 37.1 Å². The monoisotopic (exact) mass is 378 g/mol. The minimum Gasteiger partial charge on any atom is -0.383 e. The molecule has 5 nitrogen and oxygen atoms in total. The molecule has 2 aromatic carbocycles. The SMILES string of the molecule is COCCNC(=O)[C@@H]1c2ccccc2C(=O)N(c2ccccc2)C12CCCC2. The number of nitrogens with zero attached hydrogens (tertiary/aromatic N) is 1. The van der Waals surface area contributed by atoms with Gasteiger partial charge in [-0.2, -0.15) is 0 Å². The van der Waals surface area contributed by atoms with Crippen LogP contribution in [0.1, 0.15) is 47.5 Å². The topological polar surface area (TPSA) is 58.6 Å². The van der Waals surface area contributed by atoms with Gasteiger partial charge < -0.3 is 15.0 Å². The Balaban J connectivity index is 1.85. The molecule has 4 rings (SSSR count). The Morgan fingerprint density at radius 2 is 1.79 bits per heavy atom. The summed E-state index contributed by atoms with van der Waals surface area (Å²) in [6.07, 6.45) is 3.68. The number of nitrogens with one attached hydrogen (secondary N) is 1. The number of methoxy groups -OCH3 is 1. The van der Waals surface area contributed by atoms with Gasteiger partial charge in [-0.15, -0.1) is 0 Å². The molecule has 2 aromatic rings. The highest BCUT2D eigenvalue weighted by atomic mass is 16.5. The molecule has 0 saturated heterocycles. The molecule has 1 aliphatic heterocycles. The van der Waals surface area contributed by atoms with Crippen LogP contribution in [-0.4, -0.2) is 37.6 Å². The zero-order valence-electron chi connectivity index (χ0n) is 16.2. The highest BCUT2D eigenvalue weighted by Crippen LogP contribution is 2.51. The van der Waals surface area contributed by atoms with E-state index in [1.165, 1.54) is 0 Å². The lowest BCUT2D eigenvalue weighted by atomic mass is 9.70. The number of fused-ring (bicyclic) bond motifs is 1. The fourth-order valence-electron chi connectivity index (χ4n) is 4.90. The Kier molecular flexibility index (Phi) is 5.18. The third-order valence-electron chi connectivity index (χ3n) is 6.04. The molecule has 0 bridgehead atoms. The molecule has 1 spiro atoms. The van der Waals surface area contributed by atoms with Gasteiger partial charge in [0, 0.05) is 24.9 Å². The molecular weight excluding hydrogens is 352 g/mol. The summed E-state index contributed by atoms with van der Waals surface area (Å²) in [6.45, 7) is 0.928. The molecule has 0 unspecified atom stereocenters. The molecule has 2 aliphatic rings. The van der Waals surface area contributed by atoms with Crippen LogP contribution in [0.25, 0.3) is 0 Å². The molecule has 5 heteroatoms. The third-order valence-corrected chi connectivity index (χ3v) is 6.04. The van der Waals surface area contributed by atoms with Gasteiger partial charge in [0.2, 0.25) is 5.91 Å². The van der Waals surface area contributed by atoms with Crippen LogP contribution in [0.5, 0.6) is 0 Å². The van der Waals surface area contributed by atoms with Crippen LogP contribution < -0.4 is 10.2 Å². The average molecular weight is 378 g/mol. The maximum absolute atomic E-state index is 13.6. The third kappa shape index (κ3) is 3.00. The van der Waals surface area contributed by atoms with Gasteiger partial charge in [-0.1, -0.05) is 49.2 Å². The number of hydrogen-bond donors (Lipinski definition) is 1. The molecule has 1 N–H and O–H groups in total. The van der Waals surface area contributed by atoms with Gasteiger partial charge in [0.05, 0.1) is 18.1 Å². The molecule has 1 saturated carbocycles. The van der Waals surface area contributed by atoms with Gasteiger partial charge in [0.15, 0.2) is 0 Å². The lowest BCUT2D eigenvalue weighted by molar-refractivity contribution is -0.124. The molecule has 1 aliphatic carbocycles. The van der Waals surface area contributed by atoms with E-state index in [2.05, 4.69) is 5.32 Å². The quantitative estimate of drug-likeness (QED) is 0.810. The second kappa shape index (κ2) is 7.76. The zero-order valence-corrected chi connectivity index (χ0v) is 16.2. The van der Waals surface area contributed by atoms with Crippen LogP contribution in [0.2, 0.25) is 0 Å². The fraction of sp³-hybridized carbons (Fsp3) is 0.391. The summed E-state index contributed by atoms with van der Waals surface area (Å²) in [6, 6.07) is 17.3. The van der Waals surface area contributed by atoms with Crippen molar-refractivity contribution in [1.29, 1.82) is 0 Å². The number of anilines is 1. The van der Waals surface area contributed by atoms with Crippen molar-refractivity contribution in [3.8, 4) is 0 Å². The van der Waals surface area contributed by atoms with E-state index in [0.29, 0.717) is 18.7 Å². The van der Waals surface area contributed by atoms with E-state index in [9.17, 15) is 9.59 Å². The highest BCUT2D eigenvalue weighted by Gasteiger charge is 2.56. The predicted octanol–water partition coefficient (Wildman–Crippen LogP) is 3.51. The Morgan fingerprint density at radius 1 is 1.11 bits per heavy atom. The van der Waals surface area contributed by atoms with Crippen LogP contribution in [0.4, 0.5) is 5.69 Å². The van der Waals surface area contributed by atoms with Gasteiger partial charge in [-0.25, -0.2) is 0 Å². The summed E-state index contributed by atoms with van der Waals surface area (Å²) in [5, 5.41) is 3.03. The summed E-state index contributed by atoms with van der Waals surface area (Å²) < 4.78 is 5.09. The van der Waals surface area contributed by atoms with E-state index in [0.717, 1.165) is 36.9 Å². The van der Waals surface area contributed by atoms with Crippen molar-refractivity contribution in [3.05, 3.63) is 65.7 Å². The minimum atomic E-state index is -0.524.